The largest absolute Gasteiger partial charge is 0.496 e. The summed E-state index contributed by atoms with van der Waals surface area (Å²) >= 11 is 1.80. The zero-order valence-electron chi connectivity index (χ0n) is 21.4. The Kier molecular flexibility index (Phi) is 4.93. The van der Waals surface area contributed by atoms with Gasteiger partial charge in [-0.1, -0.05) is 48.5 Å². The SMILES string of the molecule is CC1(C)OB(c2cccc3c2sc2ccc(-c4nc5ccccc5n4-c4ccccc4)cc23)OC1(C)C. The fraction of sp³-hybridized carbons (Fsp3) is 0.194. The molecule has 37 heavy (non-hydrogen) atoms. The van der Waals surface area contributed by atoms with Crippen molar-refractivity contribution < 1.29 is 9.31 Å². The third-order valence-corrected chi connectivity index (χ3v) is 9.10. The van der Waals surface area contributed by atoms with Crippen molar-refractivity contribution in [3.05, 3.63) is 91.0 Å². The molecule has 0 aliphatic carbocycles. The minimum absolute atomic E-state index is 0.375. The van der Waals surface area contributed by atoms with Crippen LogP contribution >= 0.6 is 11.3 Å². The molecule has 0 unspecified atom stereocenters. The molecule has 0 N–H and O–H groups in total. The molecule has 0 spiro atoms. The summed E-state index contributed by atoms with van der Waals surface area (Å²) < 4.78 is 17.5. The summed E-state index contributed by atoms with van der Waals surface area (Å²) in [6.45, 7) is 8.40. The first kappa shape index (κ1) is 22.7. The van der Waals surface area contributed by atoms with Gasteiger partial charge >= 0.3 is 7.12 Å². The Hall–Kier alpha value is -3.45. The van der Waals surface area contributed by atoms with Gasteiger partial charge in [-0.25, -0.2) is 4.98 Å². The maximum absolute atomic E-state index is 6.42. The van der Waals surface area contributed by atoms with Crippen molar-refractivity contribution in [1.29, 1.82) is 0 Å². The van der Waals surface area contributed by atoms with Gasteiger partial charge in [-0.3, -0.25) is 4.57 Å². The van der Waals surface area contributed by atoms with Crippen LogP contribution in [0.3, 0.4) is 0 Å². The van der Waals surface area contributed by atoms with E-state index in [-0.39, 0.29) is 18.3 Å². The van der Waals surface area contributed by atoms with Crippen molar-refractivity contribution in [2.45, 2.75) is 38.9 Å². The molecule has 3 heterocycles. The number of para-hydroxylation sites is 3. The van der Waals surface area contributed by atoms with E-state index in [0.29, 0.717) is 0 Å². The van der Waals surface area contributed by atoms with Gasteiger partial charge in [0.05, 0.1) is 22.2 Å². The lowest BCUT2D eigenvalue weighted by Gasteiger charge is -2.32. The second-order valence-electron chi connectivity index (χ2n) is 10.7. The summed E-state index contributed by atoms with van der Waals surface area (Å²) in [5.74, 6) is 0.941. The van der Waals surface area contributed by atoms with E-state index in [1.54, 1.807) is 11.3 Å². The number of hydrogen-bond acceptors (Lipinski definition) is 4. The molecule has 6 heteroatoms. The van der Waals surface area contributed by atoms with Crippen LogP contribution in [0.2, 0.25) is 0 Å². The molecule has 6 aromatic rings. The fourth-order valence-electron chi connectivity index (χ4n) is 5.17. The Balaban J connectivity index is 1.41. The topological polar surface area (TPSA) is 36.3 Å². The van der Waals surface area contributed by atoms with Crippen molar-refractivity contribution in [3.63, 3.8) is 0 Å². The van der Waals surface area contributed by atoms with Gasteiger partial charge in [0.1, 0.15) is 5.82 Å². The van der Waals surface area contributed by atoms with E-state index >= 15 is 0 Å². The maximum atomic E-state index is 6.42. The van der Waals surface area contributed by atoms with Crippen LogP contribution in [0.25, 0.3) is 48.3 Å². The quantitative estimate of drug-likeness (QED) is 0.237. The van der Waals surface area contributed by atoms with Crippen LogP contribution in [0, 0.1) is 0 Å². The van der Waals surface area contributed by atoms with Gasteiger partial charge < -0.3 is 9.31 Å². The summed E-state index contributed by atoms with van der Waals surface area (Å²) in [5, 5.41) is 2.44. The van der Waals surface area contributed by atoms with Gasteiger partial charge in [0.25, 0.3) is 0 Å². The Morgan fingerprint density at radius 1 is 0.757 bits per heavy atom. The number of hydrogen-bond donors (Lipinski definition) is 0. The Bertz CT molecular complexity index is 1790. The monoisotopic (exact) mass is 502 g/mol. The molecule has 0 bridgehead atoms. The number of imidazole rings is 1. The molecule has 1 saturated heterocycles. The summed E-state index contributed by atoms with van der Waals surface area (Å²) in [6.07, 6.45) is 0. The molecule has 1 fully saturated rings. The van der Waals surface area contributed by atoms with Gasteiger partial charge in [0, 0.05) is 31.5 Å². The first-order chi connectivity index (χ1) is 17.8. The van der Waals surface area contributed by atoms with E-state index in [9.17, 15) is 0 Å². The Morgan fingerprint density at radius 3 is 2.27 bits per heavy atom. The number of aromatic nitrogens is 2. The summed E-state index contributed by atoms with van der Waals surface area (Å²) in [7, 11) is -0.386. The fourth-order valence-corrected chi connectivity index (χ4v) is 6.38. The molecule has 2 aromatic heterocycles. The van der Waals surface area contributed by atoms with Crippen molar-refractivity contribution in [2.75, 3.05) is 0 Å². The second-order valence-corrected chi connectivity index (χ2v) is 11.8. The second kappa shape index (κ2) is 8.03. The molecule has 4 aromatic carbocycles. The van der Waals surface area contributed by atoms with Gasteiger partial charge in [0.2, 0.25) is 0 Å². The smallest absolute Gasteiger partial charge is 0.399 e. The van der Waals surface area contributed by atoms with Crippen molar-refractivity contribution in [3.8, 4) is 17.1 Å². The molecule has 7 rings (SSSR count). The first-order valence-corrected chi connectivity index (χ1v) is 13.5. The number of rotatable bonds is 3. The number of nitrogens with zero attached hydrogens (tertiary/aromatic N) is 2. The summed E-state index contributed by atoms with van der Waals surface area (Å²) in [5.41, 5.74) is 4.62. The normalized spacial score (nSPS) is 16.8. The van der Waals surface area contributed by atoms with Gasteiger partial charge in [-0.15, -0.1) is 11.3 Å². The molecule has 1 aliphatic rings. The van der Waals surface area contributed by atoms with Crippen LogP contribution in [-0.4, -0.2) is 27.9 Å². The third kappa shape index (κ3) is 3.47. The average molecular weight is 502 g/mol. The minimum atomic E-state index is -0.386. The summed E-state index contributed by atoms with van der Waals surface area (Å²) in [4.78, 5) is 5.07. The molecule has 0 radical (unpaired) electrons. The highest BCUT2D eigenvalue weighted by Crippen LogP contribution is 2.40. The van der Waals surface area contributed by atoms with Gasteiger partial charge in [0.15, 0.2) is 0 Å². The first-order valence-electron chi connectivity index (χ1n) is 12.7. The van der Waals surface area contributed by atoms with E-state index in [1.807, 2.05) is 12.1 Å². The van der Waals surface area contributed by atoms with Crippen LogP contribution < -0.4 is 5.46 Å². The zero-order valence-corrected chi connectivity index (χ0v) is 22.2. The lowest BCUT2D eigenvalue weighted by molar-refractivity contribution is 0.00578. The molecule has 1 aliphatic heterocycles. The number of thiophene rings is 1. The van der Waals surface area contributed by atoms with Crippen LogP contribution in [-0.2, 0) is 9.31 Å². The highest BCUT2D eigenvalue weighted by molar-refractivity contribution is 7.27. The predicted molar refractivity (Wildman–Crippen MR) is 155 cm³/mol. The average Bonchev–Trinajstić information content (AvgIpc) is 3.52. The van der Waals surface area contributed by atoms with Crippen molar-refractivity contribution >= 4 is 55.1 Å². The Labute approximate surface area is 220 Å². The van der Waals surface area contributed by atoms with Gasteiger partial charge in [-0.2, -0.15) is 0 Å². The molecule has 0 amide bonds. The third-order valence-electron chi connectivity index (χ3n) is 7.87. The summed E-state index contributed by atoms with van der Waals surface area (Å²) in [6, 6.07) is 31.9. The van der Waals surface area contributed by atoms with Crippen LogP contribution in [0.4, 0.5) is 0 Å². The molecule has 182 valence electrons. The standard InChI is InChI=1S/C31H27BN2O2S/c1-30(2)31(3,4)36-32(35-30)24-14-10-13-22-23-19-20(17-18-27(23)37-28(22)24)29-33-25-15-8-9-16-26(25)34(29)21-11-6-5-7-12-21/h5-19H,1-4H3. The highest BCUT2D eigenvalue weighted by Gasteiger charge is 2.52. The van der Waals surface area contributed by atoms with E-state index in [1.165, 1.54) is 20.2 Å². The van der Waals surface area contributed by atoms with Gasteiger partial charge in [-0.05, 0) is 75.5 Å². The lowest BCUT2D eigenvalue weighted by atomic mass is 9.78. The van der Waals surface area contributed by atoms with E-state index in [2.05, 4.69) is 111 Å². The molecule has 0 saturated carbocycles. The van der Waals surface area contributed by atoms with Crippen LogP contribution in [0.15, 0.2) is 91.0 Å². The minimum Gasteiger partial charge on any atom is -0.399 e. The lowest BCUT2D eigenvalue weighted by Crippen LogP contribution is -2.41. The zero-order chi connectivity index (χ0) is 25.4. The van der Waals surface area contributed by atoms with E-state index < -0.39 is 0 Å². The molecular formula is C31H27BN2O2S. The van der Waals surface area contributed by atoms with Crippen LogP contribution in [0.5, 0.6) is 0 Å². The highest BCUT2D eigenvalue weighted by atomic mass is 32.1. The van der Waals surface area contributed by atoms with Crippen molar-refractivity contribution in [1.82, 2.24) is 9.55 Å². The number of fused-ring (bicyclic) bond motifs is 4. The predicted octanol–water partition coefficient (Wildman–Crippen LogP) is 7.36. The van der Waals surface area contributed by atoms with Crippen molar-refractivity contribution in [2.24, 2.45) is 0 Å². The maximum Gasteiger partial charge on any atom is 0.496 e. The van der Waals surface area contributed by atoms with Crippen LogP contribution in [0.1, 0.15) is 27.7 Å². The molecule has 4 nitrogen and oxygen atoms in total. The molecular weight excluding hydrogens is 475 g/mol. The van der Waals surface area contributed by atoms with E-state index in [0.717, 1.165) is 33.6 Å². The number of benzene rings is 4. The Morgan fingerprint density at radius 2 is 1.49 bits per heavy atom. The van der Waals surface area contributed by atoms with E-state index in [4.69, 9.17) is 14.3 Å². The molecule has 0 atom stereocenters.